The van der Waals surface area contributed by atoms with E-state index < -0.39 is 0 Å². The summed E-state index contributed by atoms with van der Waals surface area (Å²) >= 11 is 3.33. The molecule has 4 nitrogen and oxygen atoms in total. The van der Waals surface area contributed by atoms with Crippen molar-refractivity contribution in [2.75, 3.05) is 19.5 Å². The minimum absolute atomic E-state index is 0.0177. The van der Waals surface area contributed by atoms with Crippen LogP contribution in [0.3, 0.4) is 0 Å². The van der Waals surface area contributed by atoms with Gasteiger partial charge in [-0.05, 0) is 34.0 Å². The first-order valence-electron chi connectivity index (χ1n) is 5.81. The molecular formula is C13H19BrN2O2. The van der Waals surface area contributed by atoms with E-state index in [0.717, 1.165) is 0 Å². The van der Waals surface area contributed by atoms with Crippen molar-refractivity contribution >= 4 is 27.5 Å². The summed E-state index contributed by atoms with van der Waals surface area (Å²) in [5.41, 5.74) is 6.85. The molecule has 1 unspecified atom stereocenters. The molecule has 0 aliphatic carbocycles. The van der Waals surface area contributed by atoms with Gasteiger partial charge < -0.3 is 15.8 Å². The number of benzene rings is 1. The van der Waals surface area contributed by atoms with Crippen LogP contribution < -0.4 is 11.1 Å². The summed E-state index contributed by atoms with van der Waals surface area (Å²) in [6.07, 6.45) is 0. The molecule has 0 saturated heterocycles. The minimum atomic E-state index is -0.148. The molecule has 0 aliphatic heterocycles. The van der Waals surface area contributed by atoms with E-state index in [-0.39, 0.29) is 11.9 Å². The predicted octanol–water partition coefficient (Wildman–Crippen LogP) is 2.43. The zero-order chi connectivity index (χ0) is 13.7. The molecule has 0 aromatic heterocycles. The molecule has 1 aromatic rings. The normalized spacial score (nSPS) is 12.5. The van der Waals surface area contributed by atoms with Crippen LogP contribution in [0.1, 0.15) is 24.2 Å². The van der Waals surface area contributed by atoms with Gasteiger partial charge in [-0.1, -0.05) is 19.9 Å². The Morgan fingerprint density at radius 1 is 1.50 bits per heavy atom. The lowest BCUT2D eigenvalue weighted by Crippen LogP contribution is -2.41. The number of halogens is 1. The Morgan fingerprint density at radius 2 is 2.17 bits per heavy atom. The van der Waals surface area contributed by atoms with Crippen LogP contribution in [0.4, 0.5) is 5.69 Å². The Bertz CT molecular complexity index is 421. The maximum Gasteiger partial charge on any atom is 0.252 e. The number of rotatable bonds is 5. The van der Waals surface area contributed by atoms with Crippen molar-refractivity contribution < 1.29 is 9.53 Å². The predicted molar refractivity (Wildman–Crippen MR) is 76.5 cm³/mol. The average molecular weight is 315 g/mol. The second-order valence-corrected chi connectivity index (χ2v) is 5.28. The van der Waals surface area contributed by atoms with Gasteiger partial charge in [-0.15, -0.1) is 0 Å². The molecule has 1 rings (SSSR count). The summed E-state index contributed by atoms with van der Waals surface area (Å²) in [5, 5.41) is 2.95. The first-order valence-corrected chi connectivity index (χ1v) is 6.60. The summed E-state index contributed by atoms with van der Waals surface area (Å²) in [6, 6.07) is 5.22. The second-order valence-electron chi connectivity index (χ2n) is 4.49. The average Bonchev–Trinajstić information content (AvgIpc) is 2.31. The van der Waals surface area contributed by atoms with Crippen molar-refractivity contribution in [3.63, 3.8) is 0 Å². The van der Waals surface area contributed by atoms with E-state index in [1.807, 2.05) is 13.8 Å². The third-order valence-electron chi connectivity index (χ3n) is 2.74. The quantitative estimate of drug-likeness (QED) is 0.820. The molecule has 1 amide bonds. The van der Waals surface area contributed by atoms with Gasteiger partial charge in [0.15, 0.2) is 0 Å². The van der Waals surface area contributed by atoms with E-state index in [4.69, 9.17) is 10.5 Å². The number of anilines is 1. The van der Waals surface area contributed by atoms with Crippen LogP contribution in [-0.4, -0.2) is 25.7 Å². The summed E-state index contributed by atoms with van der Waals surface area (Å²) in [6.45, 7) is 4.57. The smallest absolute Gasteiger partial charge is 0.252 e. The van der Waals surface area contributed by atoms with E-state index in [1.165, 1.54) is 0 Å². The third-order valence-corrected chi connectivity index (χ3v) is 3.63. The summed E-state index contributed by atoms with van der Waals surface area (Å²) in [4.78, 5) is 12.2. The van der Waals surface area contributed by atoms with Crippen LogP contribution in [0, 0.1) is 5.92 Å². The molecule has 0 bridgehead atoms. The van der Waals surface area contributed by atoms with Gasteiger partial charge >= 0.3 is 0 Å². The molecule has 5 heteroatoms. The summed E-state index contributed by atoms with van der Waals surface area (Å²) in [5.74, 6) is 0.152. The lowest BCUT2D eigenvalue weighted by atomic mass is 10.0. The monoisotopic (exact) mass is 314 g/mol. The van der Waals surface area contributed by atoms with E-state index in [1.54, 1.807) is 25.3 Å². The molecule has 0 aliphatic rings. The van der Waals surface area contributed by atoms with Gasteiger partial charge in [0.1, 0.15) is 0 Å². The first-order chi connectivity index (χ1) is 8.47. The number of carbonyl (C=O) groups is 1. The van der Waals surface area contributed by atoms with Gasteiger partial charge in [-0.25, -0.2) is 0 Å². The van der Waals surface area contributed by atoms with Gasteiger partial charge in [0.25, 0.3) is 5.91 Å². The van der Waals surface area contributed by atoms with Gasteiger partial charge in [0.05, 0.1) is 22.7 Å². The number of hydrogen-bond donors (Lipinski definition) is 2. The molecular weight excluding hydrogens is 296 g/mol. The number of methoxy groups -OCH3 is 1. The van der Waals surface area contributed by atoms with Crippen molar-refractivity contribution in [2.45, 2.75) is 19.9 Å². The highest BCUT2D eigenvalue weighted by Crippen LogP contribution is 2.23. The van der Waals surface area contributed by atoms with Gasteiger partial charge in [0.2, 0.25) is 0 Å². The maximum atomic E-state index is 12.2. The maximum absolute atomic E-state index is 12.2. The molecule has 0 heterocycles. The van der Waals surface area contributed by atoms with Crippen LogP contribution in [0.5, 0.6) is 0 Å². The summed E-state index contributed by atoms with van der Waals surface area (Å²) in [7, 11) is 1.62. The number of carbonyl (C=O) groups excluding carboxylic acids is 1. The van der Waals surface area contributed by atoms with E-state index in [9.17, 15) is 4.79 Å². The van der Waals surface area contributed by atoms with Gasteiger partial charge in [0, 0.05) is 12.8 Å². The van der Waals surface area contributed by atoms with E-state index >= 15 is 0 Å². The lowest BCUT2D eigenvalue weighted by molar-refractivity contribution is 0.0866. The highest BCUT2D eigenvalue weighted by Gasteiger charge is 2.19. The highest BCUT2D eigenvalue weighted by atomic mass is 79.9. The van der Waals surface area contributed by atoms with E-state index in [2.05, 4.69) is 21.2 Å². The Labute approximate surface area is 116 Å². The Kier molecular flexibility index (Phi) is 5.62. The van der Waals surface area contributed by atoms with Crippen LogP contribution in [0.15, 0.2) is 22.7 Å². The number of hydrogen-bond acceptors (Lipinski definition) is 3. The fourth-order valence-electron chi connectivity index (χ4n) is 1.55. The molecule has 100 valence electrons. The van der Waals surface area contributed by atoms with Crippen LogP contribution in [-0.2, 0) is 4.74 Å². The molecule has 1 aromatic carbocycles. The number of nitrogen functional groups attached to an aromatic ring is 1. The van der Waals surface area contributed by atoms with Crippen molar-refractivity contribution in [3.8, 4) is 0 Å². The molecule has 0 radical (unpaired) electrons. The molecule has 1 atom stereocenters. The van der Waals surface area contributed by atoms with Crippen molar-refractivity contribution in [3.05, 3.63) is 28.2 Å². The van der Waals surface area contributed by atoms with Crippen LogP contribution in [0.25, 0.3) is 0 Å². The standard InChI is InChI=1S/C13H19BrN2O2/c1-8(2)11(7-18-3)16-13(17)9-5-4-6-10(15)12(9)14/h4-6,8,11H,7,15H2,1-3H3,(H,16,17). The minimum Gasteiger partial charge on any atom is -0.398 e. The van der Waals surface area contributed by atoms with Crippen molar-refractivity contribution in [1.29, 1.82) is 0 Å². The van der Waals surface area contributed by atoms with Gasteiger partial charge in [-0.3, -0.25) is 4.79 Å². The lowest BCUT2D eigenvalue weighted by Gasteiger charge is -2.22. The SMILES string of the molecule is COCC(NC(=O)c1cccc(N)c1Br)C(C)C. The third kappa shape index (κ3) is 3.71. The zero-order valence-corrected chi connectivity index (χ0v) is 12.5. The number of nitrogens with one attached hydrogen (secondary N) is 1. The largest absolute Gasteiger partial charge is 0.398 e. The molecule has 18 heavy (non-hydrogen) atoms. The first kappa shape index (κ1) is 15.0. The number of amides is 1. The van der Waals surface area contributed by atoms with E-state index in [0.29, 0.717) is 28.2 Å². The molecule has 0 fully saturated rings. The fourth-order valence-corrected chi connectivity index (χ4v) is 2.00. The number of ether oxygens (including phenoxy) is 1. The fraction of sp³-hybridized carbons (Fsp3) is 0.462. The van der Waals surface area contributed by atoms with Crippen molar-refractivity contribution in [2.24, 2.45) is 5.92 Å². The topological polar surface area (TPSA) is 64.3 Å². The van der Waals surface area contributed by atoms with Gasteiger partial charge in [-0.2, -0.15) is 0 Å². The zero-order valence-electron chi connectivity index (χ0n) is 10.9. The number of nitrogens with two attached hydrogens (primary N) is 1. The van der Waals surface area contributed by atoms with Crippen LogP contribution in [0.2, 0.25) is 0 Å². The Morgan fingerprint density at radius 3 is 2.72 bits per heavy atom. The second kappa shape index (κ2) is 6.75. The molecule has 3 N–H and O–H groups in total. The Balaban J connectivity index is 2.84. The highest BCUT2D eigenvalue weighted by molar-refractivity contribution is 9.10. The van der Waals surface area contributed by atoms with Crippen molar-refractivity contribution in [1.82, 2.24) is 5.32 Å². The van der Waals surface area contributed by atoms with Crippen LogP contribution >= 0.6 is 15.9 Å². The Hall–Kier alpha value is -1.07. The molecule has 0 spiro atoms. The summed E-state index contributed by atoms with van der Waals surface area (Å²) < 4.78 is 5.73. The molecule has 0 saturated carbocycles.